The molecule has 0 bridgehead atoms. The summed E-state index contributed by atoms with van der Waals surface area (Å²) < 4.78 is 7.25. The summed E-state index contributed by atoms with van der Waals surface area (Å²) in [4.78, 5) is 26.4. The number of aromatic amines is 1. The van der Waals surface area contributed by atoms with E-state index in [4.69, 9.17) is 4.74 Å². The maximum Gasteiger partial charge on any atom is 0.331 e. The second-order valence-electron chi connectivity index (χ2n) is 4.81. The fourth-order valence-corrected chi connectivity index (χ4v) is 2.42. The molecule has 102 valence electrons. The molecule has 20 heavy (non-hydrogen) atoms. The third-order valence-corrected chi connectivity index (χ3v) is 3.44. The van der Waals surface area contributed by atoms with Crippen LogP contribution in [-0.4, -0.2) is 9.55 Å². The summed E-state index contributed by atoms with van der Waals surface area (Å²) in [6.45, 7) is 2.58. The molecule has 2 heterocycles. The van der Waals surface area contributed by atoms with Crippen LogP contribution in [0.4, 0.5) is 0 Å². The molecule has 1 unspecified atom stereocenters. The quantitative estimate of drug-likeness (QED) is 0.850. The van der Waals surface area contributed by atoms with Crippen molar-refractivity contribution < 1.29 is 4.74 Å². The molecule has 3 rings (SSSR count). The molecule has 1 atom stereocenters. The molecule has 1 aliphatic heterocycles. The third-order valence-electron chi connectivity index (χ3n) is 3.44. The van der Waals surface area contributed by atoms with Crippen molar-refractivity contribution in [3.63, 3.8) is 0 Å². The molecule has 1 aliphatic carbocycles. The minimum absolute atomic E-state index is 0.336. The van der Waals surface area contributed by atoms with Crippen LogP contribution >= 0.6 is 0 Å². The monoisotopic (exact) mass is 271 g/mol. The molecule has 0 aromatic carbocycles. The summed E-state index contributed by atoms with van der Waals surface area (Å²) in [5.41, 5.74) is -0.348. The lowest BCUT2D eigenvalue weighted by atomic mass is 10.0. The summed E-state index contributed by atoms with van der Waals surface area (Å²) in [6.07, 6.45) is 12.1. The second-order valence-corrected chi connectivity index (χ2v) is 4.81. The van der Waals surface area contributed by atoms with Gasteiger partial charge in [0.25, 0.3) is 5.56 Å². The number of rotatable bonds is 3. The van der Waals surface area contributed by atoms with Crippen LogP contribution in [-0.2, 0) is 6.54 Å². The zero-order chi connectivity index (χ0) is 14.1. The van der Waals surface area contributed by atoms with Gasteiger partial charge in [0.1, 0.15) is 11.3 Å². The topological polar surface area (TPSA) is 64.1 Å². The molecule has 1 aromatic rings. The Kier molecular flexibility index (Phi) is 3.12. The Bertz CT molecular complexity index is 734. The van der Waals surface area contributed by atoms with Crippen LogP contribution < -0.4 is 16.0 Å². The first-order chi connectivity index (χ1) is 9.72. The summed E-state index contributed by atoms with van der Waals surface area (Å²) in [5, 5.41) is 0. The zero-order valence-electron chi connectivity index (χ0n) is 11.2. The largest absolute Gasteiger partial charge is 0.441 e. The van der Waals surface area contributed by atoms with E-state index < -0.39 is 11.2 Å². The average molecular weight is 271 g/mol. The number of nitrogens with zero attached hydrogens (tertiary/aromatic N) is 1. The standard InChI is InChI=1S/C15H14N2O3/c1-2-3-9-17-14-12(13(18)16-15(17)19)10-7-5-4-6-8-11(10)20-14/h4-6,8,10H,2-3,9H2,1H3/p+1. The number of hydrogen-bond donors (Lipinski definition) is 1. The lowest BCUT2D eigenvalue weighted by Gasteiger charge is -2.08. The first-order valence-corrected chi connectivity index (χ1v) is 6.73. The number of ether oxygens (including phenoxy) is 1. The summed E-state index contributed by atoms with van der Waals surface area (Å²) in [7, 11) is 0. The average Bonchev–Trinajstić information content (AvgIpc) is 2.62. The number of fused-ring (bicyclic) bond motifs is 3. The Balaban J connectivity index is 2.17. The molecule has 0 fully saturated rings. The fraction of sp³-hybridized carbons (Fsp3) is 0.333. The van der Waals surface area contributed by atoms with Gasteiger partial charge in [-0.25, -0.2) is 4.79 Å². The normalized spacial score (nSPS) is 18.6. The molecule has 0 radical (unpaired) electrons. The van der Waals surface area contributed by atoms with Crippen LogP contribution in [0.2, 0.25) is 0 Å². The molecule has 2 aliphatic rings. The number of H-pyrrole nitrogens is 1. The SMILES string of the molecule is CCCCn1c2c(c(=O)[nH]c1=O)C1[C+]=CC=CC=C1O2. The Morgan fingerprint density at radius 1 is 1.40 bits per heavy atom. The Morgan fingerprint density at radius 2 is 2.25 bits per heavy atom. The molecular formula is C15H15N2O3+. The van der Waals surface area contributed by atoms with Gasteiger partial charge >= 0.3 is 5.69 Å². The van der Waals surface area contributed by atoms with Gasteiger partial charge in [-0.3, -0.25) is 14.3 Å². The molecule has 0 saturated heterocycles. The second kappa shape index (κ2) is 4.94. The van der Waals surface area contributed by atoms with Crippen LogP contribution in [0.5, 0.6) is 5.88 Å². The van der Waals surface area contributed by atoms with E-state index in [1.54, 1.807) is 12.2 Å². The maximum atomic E-state index is 12.1. The molecule has 1 N–H and O–H groups in total. The van der Waals surface area contributed by atoms with Crippen LogP contribution in [0.3, 0.4) is 0 Å². The van der Waals surface area contributed by atoms with Crippen molar-refractivity contribution in [1.29, 1.82) is 0 Å². The van der Waals surface area contributed by atoms with Crippen molar-refractivity contribution in [2.45, 2.75) is 32.2 Å². The molecule has 5 nitrogen and oxygen atoms in total. The van der Waals surface area contributed by atoms with Crippen molar-refractivity contribution in [2.75, 3.05) is 0 Å². The molecule has 0 spiro atoms. The van der Waals surface area contributed by atoms with Gasteiger partial charge in [-0.2, -0.15) is 0 Å². The Labute approximate surface area is 115 Å². The van der Waals surface area contributed by atoms with Crippen LogP contribution in [0.15, 0.2) is 39.7 Å². The van der Waals surface area contributed by atoms with Crippen molar-refractivity contribution in [1.82, 2.24) is 9.55 Å². The van der Waals surface area contributed by atoms with Gasteiger partial charge < -0.3 is 4.74 Å². The number of unbranched alkanes of at least 4 members (excludes halogenated alkanes) is 1. The first-order valence-electron chi connectivity index (χ1n) is 6.73. The number of nitrogens with one attached hydrogen (secondary N) is 1. The summed E-state index contributed by atoms with van der Waals surface area (Å²) in [5.74, 6) is 0.656. The minimum Gasteiger partial charge on any atom is -0.441 e. The van der Waals surface area contributed by atoms with Crippen LogP contribution in [0.1, 0.15) is 31.2 Å². The van der Waals surface area contributed by atoms with Gasteiger partial charge in [0.2, 0.25) is 5.88 Å². The lowest BCUT2D eigenvalue weighted by Crippen LogP contribution is -2.32. The molecular weight excluding hydrogens is 256 g/mol. The van der Waals surface area contributed by atoms with E-state index in [0.717, 1.165) is 12.8 Å². The van der Waals surface area contributed by atoms with E-state index in [1.807, 2.05) is 19.1 Å². The van der Waals surface area contributed by atoms with Crippen molar-refractivity contribution in [3.8, 4) is 5.88 Å². The van der Waals surface area contributed by atoms with Crippen LogP contribution in [0.25, 0.3) is 0 Å². The number of allylic oxidation sites excluding steroid dienone is 5. The highest BCUT2D eigenvalue weighted by molar-refractivity contribution is 5.45. The van der Waals surface area contributed by atoms with Gasteiger partial charge in [0, 0.05) is 18.7 Å². The predicted molar refractivity (Wildman–Crippen MR) is 74.6 cm³/mol. The van der Waals surface area contributed by atoms with Gasteiger partial charge in [-0.15, -0.1) is 0 Å². The molecule has 0 saturated carbocycles. The molecule has 0 amide bonds. The van der Waals surface area contributed by atoms with Crippen molar-refractivity contribution in [2.24, 2.45) is 0 Å². The van der Waals surface area contributed by atoms with E-state index in [9.17, 15) is 9.59 Å². The highest BCUT2D eigenvalue weighted by atomic mass is 16.5. The maximum absolute atomic E-state index is 12.1. The zero-order valence-corrected chi connectivity index (χ0v) is 11.2. The highest BCUT2D eigenvalue weighted by Crippen LogP contribution is 2.38. The smallest absolute Gasteiger partial charge is 0.331 e. The van der Waals surface area contributed by atoms with E-state index >= 15 is 0 Å². The van der Waals surface area contributed by atoms with Gasteiger partial charge in [-0.1, -0.05) is 13.3 Å². The van der Waals surface area contributed by atoms with E-state index in [-0.39, 0.29) is 5.92 Å². The molecule has 1 aromatic heterocycles. The minimum atomic E-state index is -0.418. The van der Waals surface area contributed by atoms with Crippen molar-refractivity contribution >= 4 is 0 Å². The predicted octanol–water partition coefficient (Wildman–Crippen LogP) is 1.63. The van der Waals surface area contributed by atoms with Gasteiger partial charge in [-0.05, 0) is 6.42 Å². The summed E-state index contributed by atoms with van der Waals surface area (Å²) in [6, 6.07) is 0. The Morgan fingerprint density at radius 3 is 3.05 bits per heavy atom. The summed E-state index contributed by atoms with van der Waals surface area (Å²) >= 11 is 0. The fourth-order valence-electron chi connectivity index (χ4n) is 2.42. The van der Waals surface area contributed by atoms with Crippen molar-refractivity contribution in [3.05, 3.63) is 62.5 Å². The van der Waals surface area contributed by atoms with E-state index in [0.29, 0.717) is 23.7 Å². The van der Waals surface area contributed by atoms with Gasteiger partial charge in [0.15, 0.2) is 12.0 Å². The van der Waals surface area contributed by atoms with E-state index in [1.165, 1.54) is 4.57 Å². The highest BCUT2D eigenvalue weighted by Gasteiger charge is 2.38. The number of aromatic nitrogens is 2. The van der Waals surface area contributed by atoms with E-state index in [2.05, 4.69) is 11.1 Å². The third kappa shape index (κ3) is 1.92. The lowest BCUT2D eigenvalue weighted by molar-refractivity contribution is 0.384. The Hall–Kier alpha value is -2.39. The first kappa shape index (κ1) is 12.6. The molecule has 5 heteroatoms. The van der Waals surface area contributed by atoms with Gasteiger partial charge in [0.05, 0.1) is 12.2 Å². The number of hydrogen-bond acceptors (Lipinski definition) is 3. The van der Waals surface area contributed by atoms with Crippen LogP contribution in [0, 0.1) is 6.08 Å².